The first-order valence-electron chi connectivity index (χ1n) is 7.85. The average Bonchev–Trinajstić information content (AvgIpc) is 3.08. The third kappa shape index (κ3) is 5.45. The Kier molecular flexibility index (Phi) is 6.41. The van der Waals surface area contributed by atoms with Crippen molar-refractivity contribution in [2.24, 2.45) is 4.99 Å². The van der Waals surface area contributed by atoms with E-state index in [9.17, 15) is 13.2 Å². The summed E-state index contributed by atoms with van der Waals surface area (Å²) in [4.78, 5) is 7.72. The minimum Gasteiger partial charge on any atom is -0.353 e. The quantitative estimate of drug-likeness (QED) is 0.617. The van der Waals surface area contributed by atoms with Gasteiger partial charge < -0.3 is 10.6 Å². The van der Waals surface area contributed by atoms with E-state index in [0.29, 0.717) is 11.0 Å². The largest absolute Gasteiger partial charge is 0.434 e. The molecular weight excluding hydrogens is 349 g/mol. The SMILES string of the molecule is CN=C(NCc1nc(C(F)(F)F)cs1)NC(C)C(C)c1ccccc1. The van der Waals surface area contributed by atoms with Crippen LogP contribution in [0.2, 0.25) is 0 Å². The molecule has 4 nitrogen and oxygen atoms in total. The smallest absolute Gasteiger partial charge is 0.353 e. The number of guanidine groups is 1. The number of nitrogens with one attached hydrogen (secondary N) is 2. The van der Waals surface area contributed by atoms with Crippen molar-refractivity contribution in [3.8, 4) is 0 Å². The second kappa shape index (κ2) is 8.33. The summed E-state index contributed by atoms with van der Waals surface area (Å²) in [7, 11) is 1.62. The van der Waals surface area contributed by atoms with Crippen molar-refractivity contribution in [1.29, 1.82) is 0 Å². The molecule has 0 bridgehead atoms. The Morgan fingerprint density at radius 2 is 1.92 bits per heavy atom. The summed E-state index contributed by atoms with van der Waals surface area (Å²) in [5.41, 5.74) is 0.344. The molecule has 1 aromatic carbocycles. The average molecular weight is 370 g/mol. The summed E-state index contributed by atoms with van der Waals surface area (Å²) in [6.45, 7) is 4.33. The van der Waals surface area contributed by atoms with Gasteiger partial charge in [-0.15, -0.1) is 11.3 Å². The zero-order valence-corrected chi connectivity index (χ0v) is 15.1. The molecule has 0 aliphatic heterocycles. The molecule has 2 atom stereocenters. The molecule has 0 aliphatic carbocycles. The maximum Gasteiger partial charge on any atom is 0.434 e. The van der Waals surface area contributed by atoms with Crippen LogP contribution in [0, 0.1) is 0 Å². The topological polar surface area (TPSA) is 49.3 Å². The molecule has 2 unspecified atom stereocenters. The number of halogens is 3. The fourth-order valence-electron chi connectivity index (χ4n) is 2.26. The first kappa shape index (κ1) is 19.2. The van der Waals surface area contributed by atoms with Crippen molar-refractivity contribution in [3.05, 3.63) is 52.0 Å². The summed E-state index contributed by atoms with van der Waals surface area (Å²) in [5.74, 6) is 0.774. The maximum absolute atomic E-state index is 12.6. The minimum absolute atomic E-state index is 0.0932. The molecule has 2 rings (SSSR count). The van der Waals surface area contributed by atoms with Gasteiger partial charge >= 0.3 is 6.18 Å². The van der Waals surface area contributed by atoms with E-state index in [2.05, 4.69) is 39.7 Å². The molecule has 0 spiro atoms. The monoisotopic (exact) mass is 370 g/mol. The van der Waals surface area contributed by atoms with Gasteiger partial charge in [0.05, 0.1) is 6.54 Å². The zero-order chi connectivity index (χ0) is 18.4. The number of benzene rings is 1. The van der Waals surface area contributed by atoms with Crippen molar-refractivity contribution in [1.82, 2.24) is 15.6 Å². The standard InChI is InChI=1S/C17H21F3N4S/c1-11(13-7-5-4-6-8-13)12(2)23-16(21-3)22-9-15-24-14(10-25-15)17(18,19)20/h4-8,10-12H,9H2,1-3H3,(H2,21,22,23). The molecule has 136 valence electrons. The molecule has 1 heterocycles. The summed E-state index contributed by atoms with van der Waals surface area (Å²) in [6, 6.07) is 10.2. The summed E-state index contributed by atoms with van der Waals surface area (Å²) in [6.07, 6.45) is -4.41. The second-order valence-corrected chi connectivity index (χ2v) is 6.63. The van der Waals surface area contributed by atoms with Crippen molar-refractivity contribution in [2.45, 2.75) is 38.5 Å². The molecule has 0 aliphatic rings. The second-order valence-electron chi connectivity index (χ2n) is 5.68. The van der Waals surface area contributed by atoms with E-state index in [1.165, 1.54) is 5.56 Å². The Balaban J connectivity index is 1.91. The van der Waals surface area contributed by atoms with Crippen LogP contribution in [0.3, 0.4) is 0 Å². The van der Waals surface area contributed by atoms with Gasteiger partial charge in [0, 0.05) is 24.4 Å². The van der Waals surface area contributed by atoms with Crippen molar-refractivity contribution in [3.63, 3.8) is 0 Å². The van der Waals surface area contributed by atoms with Gasteiger partial charge in [-0.2, -0.15) is 13.2 Å². The summed E-state index contributed by atoms with van der Waals surface area (Å²) < 4.78 is 37.7. The van der Waals surface area contributed by atoms with Crippen molar-refractivity contribution < 1.29 is 13.2 Å². The van der Waals surface area contributed by atoms with Crippen LogP contribution >= 0.6 is 11.3 Å². The van der Waals surface area contributed by atoms with Gasteiger partial charge in [-0.3, -0.25) is 4.99 Å². The van der Waals surface area contributed by atoms with Gasteiger partial charge in [-0.05, 0) is 12.5 Å². The Labute approximate surface area is 149 Å². The highest BCUT2D eigenvalue weighted by molar-refractivity contribution is 7.09. The molecule has 25 heavy (non-hydrogen) atoms. The first-order valence-corrected chi connectivity index (χ1v) is 8.73. The van der Waals surface area contributed by atoms with E-state index in [-0.39, 0.29) is 18.5 Å². The highest BCUT2D eigenvalue weighted by Crippen LogP contribution is 2.29. The fraction of sp³-hybridized carbons (Fsp3) is 0.412. The lowest BCUT2D eigenvalue weighted by molar-refractivity contribution is -0.140. The van der Waals surface area contributed by atoms with Crippen LogP contribution < -0.4 is 10.6 Å². The molecule has 0 saturated carbocycles. The number of nitrogens with zero attached hydrogens (tertiary/aromatic N) is 2. The predicted octanol–water partition coefficient (Wildman–Crippen LogP) is 4.02. The van der Waals surface area contributed by atoms with E-state index < -0.39 is 11.9 Å². The molecule has 2 aromatic rings. The van der Waals surface area contributed by atoms with Gasteiger partial charge in [0.15, 0.2) is 11.7 Å². The van der Waals surface area contributed by atoms with Crippen LogP contribution in [0.4, 0.5) is 13.2 Å². The highest BCUT2D eigenvalue weighted by Gasteiger charge is 2.33. The lowest BCUT2D eigenvalue weighted by atomic mass is 9.94. The molecule has 8 heteroatoms. The number of alkyl halides is 3. The van der Waals surface area contributed by atoms with Gasteiger partial charge in [0.2, 0.25) is 0 Å². The molecule has 1 aromatic heterocycles. The third-order valence-corrected chi connectivity index (χ3v) is 4.76. The van der Waals surface area contributed by atoms with Crippen LogP contribution in [-0.4, -0.2) is 24.0 Å². The Morgan fingerprint density at radius 3 is 2.48 bits per heavy atom. The lowest BCUT2D eigenvalue weighted by Crippen LogP contribution is -2.43. The van der Waals surface area contributed by atoms with E-state index in [1.807, 2.05) is 25.1 Å². The van der Waals surface area contributed by atoms with E-state index in [1.54, 1.807) is 7.05 Å². The van der Waals surface area contributed by atoms with Gasteiger partial charge in [0.1, 0.15) is 5.01 Å². The van der Waals surface area contributed by atoms with Gasteiger partial charge in [-0.25, -0.2) is 4.98 Å². The maximum atomic E-state index is 12.6. The van der Waals surface area contributed by atoms with E-state index in [4.69, 9.17) is 0 Å². The van der Waals surface area contributed by atoms with Crippen LogP contribution in [0.5, 0.6) is 0 Å². The highest BCUT2D eigenvalue weighted by atomic mass is 32.1. The normalized spacial score (nSPS) is 14.9. The molecule has 0 amide bonds. The number of rotatable bonds is 5. The molecule has 2 N–H and O–H groups in total. The third-order valence-electron chi connectivity index (χ3n) is 3.91. The molecule has 0 saturated heterocycles. The van der Waals surface area contributed by atoms with Gasteiger partial charge in [0.25, 0.3) is 0 Å². The molecule has 0 fully saturated rings. The molecule has 0 radical (unpaired) electrons. The number of aliphatic imine (C=N–C) groups is 1. The Hall–Kier alpha value is -2.09. The summed E-state index contributed by atoms with van der Waals surface area (Å²) in [5, 5.41) is 7.65. The minimum atomic E-state index is -4.41. The fourth-order valence-corrected chi connectivity index (χ4v) is 3.00. The number of aromatic nitrogens is 1. The van der Waals surface area contributed by atoms with E-state index in [0.717, 1.165) is 16.7 Å². The Morgan fingerprint density at radius 1 is 1.24 bits per heavy atom. The van der Waals surface area contributed by atoms with Crippen LogP contribution in [-0.2, 0) is 12.7 Å². The van der Waals surface area contributed by atoms with Gasteiger partial charge in [-0.1, -0.05) is 37.3 Å². The number of thiazole rings is 1. The van der Waals surface area contributed by atoms with E-state index >= 15 is 0 Å². The molecular formula is C17H21F3N4S. The number of hydrogen-bond donors (Lipinski definition) is 2. The number of hydrogen-bond acceptors (Lipinski definition) is 3. The first-order chi connectivity index (χ1) is 11.8. The summed E-state index contributed by atoms with van der Waals surface area (Å²) >= 11 is 0.975. The van der Waals surface area contributed by atoms with Crippen molar-refractivity contribution >= 4 is 17.3 Å². The predicted molar refractivity (Wildman–Crippen MR) is 94.8 cm³/mol. The van der Waals surface area contributed by atoms with Crippen LogP contribution in [0.1, 0.15) is 36.0 Å². The van der Waals surface area contributed by atoms with Crippen molar-refractivity contribution in [2.75, 3.05) is 7.05 Å². The Bertz CT molecular complexity index is 697. The zero-order valence-electron chi connectivity index (χ0n) is 14.3. The van der Waals surface area contributed by atoms with Crippen LogP contribution in [0.25, 0.3) is 0 Å². The van der Waals surface area contributed by atoms with Crippen LogP contribution in [0.15, 0.2) is 40.7 Å². The lowest BCUT2D eigenvalue weighted by Gasteiger charge is -2.23.